The van der Waals surface area contributed by atoms with Gasteiger partial charge in [-0.3, -0.25) is 39.4 Å². The predicted molar refractivity (Wildman–Crippen MR) is 135 cm³/mol. The van der Waals surface area contributed by atoms with Gasteiger partial charge in [0.05, 0.1) is 21.7 Å². The number of alkyl halides is 2. The number of nitro groups is 2. The summed E-state index contributed by atoms with van der Waals surface area (Å²) in [6, 6.07) is 9.23. The molecule has 2 aromatic rings. The first-order valence-electron chi connectivity index (χ1n) is 11.0. The molecular weight excluding hydrogens is 620 g/mol. The molecule has 0 bridgehead atoms. The number of carbonyl (C=O) groups is 4. The number of carbonyl (C=O) groups excluding carboxylic acids is 4. The Balaban J connectivity index is 1.68. The largest absolute Gasteiger partial charge is 0.292 e. The molecule has 1 aliphatic carbocycles. The molecule has 14 heteroatoms. The number of rotatable bonds is 7. The number of nitrogens with zero attached hydrogens (tertiary/aromatic N) is 4. The number of hydrogen-bond acceptors (Lipinski definition) is 8. The molecule has 0 N–H and O–H groups in total. The van der Waals surface area contributed by atoms with E-state index in [-0.39, 0.29) is 32.2 Å². The predicted octanol–water partition coefficient (Wildman–Crippen LogP) is 3.67. The van der Waals surface area contributed by atoms with Crippen molar-refractivity contribution in [2.75, 3.05) is 6.54 Å². The monoisotopic (exact) mass is 636 g/mol. The third-order valence-corrected chi connectivity index (χ3v) is 9.12. The lowest BCUT2D eigenvalue weighted by molar-refractivity contribution is -0.385. The van der Waals surface area contributed by atoms with E-state index in [9.17, 15) is 39.4 Å². The summed E-state index contributed by atoms with van der Waals surface area (Å²) in [7, 11) is 0. The van der Waals surface area contributed by atoms with Crippen molar-refractivity contribution in [3.8, 4) is 0 Å². The Kier molecular flexibility index (Phi) is 7.50. The molecule has 4 atom stereocenters. The Hall–Kier alpha value is -3.52. The Morgan fingerprint density at radius 2 is 1.22 bits per heavy atom. The molecule has 37 heavy (non-hydrogen) atoms. The van der Waals surface area contributed by atoms with Crippen LogP contribution in [0.3, 0.4) is 0 Å². The first-order chi connectivity index (χ1) is 17.5. The number of Topliss-reactive ketones (excluding diaryl/α,β-unsaturated/α-hetero) is 1. The summed E-state index contributed by atoms with van der Waals surface area (Å²) < 4.78 is 0. The Bertz CT molecular complexity index is 1270. The zero-order valence-corrected chi connectivity index (χ0v) is 22.0. The Morgan fingerprint density at radius 1 is 0.811 bits per heavy atom. The van der Waals surface area contributed by atoms with Gasteiger partial charge in [0, 0.05) is 45.0 Å². The average molecular weight is 638 g/mol. The van der Waals surface area contributed by atoms with E-state index in [2.05, 4.69) is 31.9 Å². The zero-order valence-electron chi connectivity index (χ0n) is 18.9. The lowest BCUT2D eigenvalue weighted by atomic mass is 9.81. The minimum absolute atomic E-state index is 0.0321. The van der Waals surface area contributed by atoms with Crippen LogP contribution in [0, 0.1) is 32.1 Å². The molecule has 1 aliphatic heterocycles. The van der Waals surface area contributed by atoms with Gasteiger partial charge in [-0.2, -0.15) is 5.01 Å². The van der Waals surface area contributed by atoms with Crippen LogP contribution in [0.25, 0.3) is 0 Å². The number of ketones is 1. The van der Waals surface area contributed by atoms with Gasteiger partial charge in [0.15, 0.2) is 5.78 Å². The molecule has 12 nitrogen and oxygen atoms in total. The summed E-state index contributed by atoms with van der Waals surface area (Å²) in [6.07, 6.45) is 0.690. The summed E-state index contributed by atoms with van der Waals surface area (Å²) in [5, 5.41) is 23.4. The minimum Gasteiger partial charge on any atom is -0.292 e. The fourth-order valence-corrected chi connectivity index (χ4v) is 5.66. The highest BCUT2D eigenvalue weighted by atomic mass is 79.9. The van der Waals surface area contributed by atoms with Gasteiger partial charge in [0.1, 0.15) is 6.54 Å². The van der Waals surface area contributed by atoms with Crippen LogP contribution in [-0.4, -0.2) is 59.6 Å². The highest BCUT2D eigenvalue weighted by Crippen LogP contribution is 2.43. The average Bonchev–Trinajstić information content (AvgIpc) is 3.11. The molecule has 3 amide bonds. The molecule has 0 radical (unpaired) electrons. The van der Waals surface area contributed by atoms with E-state index in [1.807, 2.05) is 0 Å². The molecule has 0 spiro atoms. The maximum atomic E-state index is 13.5. The lowest BCUT2D eigenvalue weighted by Gasteiger charge is -2.30. The molecule has 2 aromatic carbocycles. The van der Waals surface area contributed by atoms with E-state index >= 15 is 0 Å². The van der Waals surface area contributed by atoms with Crippen molar-refractivity contribution in [1.82, 2.24) is 10.0 Å². The summed E-state index contributed by atoms with van der Waals surface area (Å²) in [4.78, 5) is 73.8. The van der Waals surface area contributed by atoms with Gasteiger partial charge in [-0.25, -0.2) is 5.01 Å². The van der Waals surface area contributed by atoms with Gasteiger partial charge in [0.2, 0.25) is 0 Å². The van der Waals surface area contributed by atoms with Gasteiger partial charge >= 0.3 is 0 Å². The van der Waals surface area contributed by atoms with E-state index < -0.39 is 51.7 Å². The zero-order chi connectivity index (χ0) is 27.0. The Labute approximate surface area is 226 Å². The maximum Gasteiger partial charge on any atom is 0.273 e. The Morgan fingerprint density at radius 3 is 1.62 bits per heavy atom. The van der Waals surface area contributed by atoms with Crippen molar-refractivity contribution in [3.05, 3.63) is 79.9 Å². The maximum absolute atomic E-state index is 13.5. The van der Waals surface area contributed by atoms with Gasteiger partial charge in [-0.1, -0.05) is 31.9 Å². The van der Waals surface area contributed by atoms with Gasteiger partial charge < -0.3 is 0 Å². The normalized spacial score (nSPS) is 22.9. The van der Waals surface area contributed by atoms with Crippen molar-refractivity contribution < 1.29 is 29.0 Å². The quantitative estimate of drug-likeness (QED) is 0.146. The fourth-order valence-electron chi connectivity index (χ4n) is 4.42. The van der Waals surface area contributed by atoms with Crippen LogP contribution >= 0.6 is 31.9 Å². The second-order valence-electron chi connectivity index (χ2n) is 8.60. The van der Waals surface area contributed by atoms with Crippen molar-refractivity contribution in [1.29, 1.82) is 0 Å². The number of fused-ring (bicyclic) bond motifs is 1. The number of benzene rings is 2. The molecule has 1 saturated heterocycles. The molecule has 0 unspecified atom stereocenters. The van der Waals surface area contributed by atoms with E-state index in [0.29, 0.717) is 17.9 Å². The van der Waals surface area contributed by atoms with Crippen LogP contribution in [0.2, 0.25) is 0 Å². The lowest BCUT2D eigenvalue weighted by Crippen LogP contribution is -2.52. The van der Waals surface area contributed by atoms with Crippen LogP contribution in [0.15, 0.2) is 48.5 Å². The summed E-state index contributed by atoms with van der Waals surface area (Å²) in [6.45, 7) is -0.708. The molecular formula is C23H18Br2N4O8. The number of amides is 3. The SMILES string of the molecule is O=C(CN(C(=O)c1ccc([N+](=O)[O-])cc1)N1C(=O)[C@@H]2C[C@@H](Br)[C@@H](Br)C[C@H]2C1=O)c1ccc([N+](=O)[O-])cc1. The van der Waals surface area contributed by atoms with Crippen molar-refractivity contribution in [2.45, 2.75) is 22.5 Å². The minimum atomic E-state index is -0.878. The van der Waals surface area contributed by atoms with Crippen molar-refractivity contribution >= 4 is 66.7 Å². The highest BCUT2D eigenvalue weighted by Gasteiger charge is 2.54. The number of hydrogen-bond donors (Lipinski definition) is 0. The molecule has 192 valence electrons. The number of imide groups is 1. The van der Waals surface area contributed by atoms with E-state index in [1.165, 1.54) is 24.3 Å². The number of hydrazine groups is 1. The number of nitro benzene ring substituents is 2. The van der Waals surface area contributed by atoms with Gasteiger partial charge in [0.25, 0.3) is 29.1 Å². The summed E-state index contributed by atoms with van der Waals surface area (Å²) >= 11 is 7.00. The van der Waals surface area contributed by atoms with Crippen LogP contribution in [0.4, 0.5) is 11.4 Å². The van der Waals surface area contributed by atoms with Gasteiger partial charge in [-0.15, -0.1) is 0 Å². The summed E-state index contributed by atoms with van der Waals surface area (Å²) in [5.74, 6) is -4.16. The van der Waals surface area contributed by atoms with E-state index in [1.54, 1.807) is 0 Å². The third-order valence-electron chi connectivity index (χ3n) is 6.38. The molecule has 0 aromatic heterocycles. The first kappa shape index (κ1) is 26.5. The standard InChI is InChI=1S/C23H18Br2N4O8/c24-18-9-16-17(10-19(18)25)23(33)27(22(16)32)26(21(31)13-3-7-15(8-4-13)29(36)37)11-20(30)12-1-5-14(6-2-12)28(34)35/h1-8,16-19H,9-11H2/t16-,17-,18-,19+/m1/s1. The van der Waals surface area contributed by atoms with Gasteiger partial charge in [-0.05, 0) is 37.1 Å². The van der Waals surface area contributed by atoms with Crippen molar-refractivity contribution in [2.24, 2.45) is 11.8 Å². The van der Waals surface area contributed by atoms with Crippen LogP contribution in [0.1, 0.15) is 33.6 Å². The third kappa shape index (κ3) is 5.16. The molecule has 1 heterocycles. The topological polar surface area (TPSA) is 161 Å². The second-order valence-corrected chi connectivity index (χ2v) is 11.0. The molecule has 1 saturated carbocycles. The summed E-state index contributed by atoms with van der Waals surface area (Å²) in [5.41, 5.74) is -0.548. The second kappa shape index (κ2) is 10.5. The van der Waals surface area contributed by atoms with Crippen LogP contribution < -0.4 is 0 Å². The molecule has 4 rings (SSSR count). The van der Waals surface area contributed by atoms with Crippen LogP contribution in [-0.2, 0) is 9.59 Å². The first-order valence-corrected chi connectivity index (χ1v) is 12.8. The highest BCUT2D eigenvalue weighted by molar-refractivity contribution is 9.12. The van der Waals surface area contributed by atoms with E-state index in [4.69, 9.17) is 0 Å². The van der Waals surface area contributed by atoms with E-state index in [0.717, 1.165) is 29.3 Å². The number of non-ortho nitro benzene ring substituents is 2. The molecule has 2 aliphatic rings. The number of halogens is 2. The smallest absolute Gasteiger partial charge is 0.273 e. The van der Waals surface area contributed by atoms with Crippen molar-refractivity contribution in [3.63, 3.8) is 0 Å². The fraction of sp³-hybridized carbons (Fsp3) is 0.304. The van der Waals surface area contributed by atoms with Crippen LogP contribution in [0.5, 0.6) is 0 Å². The molecule has 2 fully saturated rings.